The molecule has 0 spiro atoms. The van der Waals surface area contributed by atoms with E-state index in [0.29, 0.717) is 21.6 Å². The second kappa shape index (κ2) is 9.98. The van der Waals surface area contributed by atoms with Gasteiger partial charge in [-0.05, 0) is 60.3 Å². The zero-order valence-electron chi connectivity index (χ0n) is 18.2. The minimum atomic E-state index is -4.58. The Balaban J connectivity index is 1.43. The van der Waals surface area contributed by atoms with Gasteiger partial charge in [0.25, 0.3) is 0 Å². The van der Waals surface area contributed by atoms with E-state index in [4.69, 9.17) is 21.1 Å². The van der Waals surface area contributed by atoms with Crippen molar-refractivity contribution in [1.82, 2.24) is 0 Å². The maximum absolute atomic E-state index is 13.0. The third kappa shape index (κ3) is 5.76. The van der Waals surface area contributed by atoms with Crippen LogP contribution in [0, 0.1) is 11.3 Å². The van der Waals surface area contributed by atoms with Crippen molar-refractivity contribution in [3.8, 4) is 22.6 Å². The molecule has 178 valence electrons. The molecular weight excluding hydrogens is 499 g/mol. The van der Waals surface area contributed by atoms with Crippen LogP contribution in [0.5, 0.6) is 16.6 Å². The summed E-state index contributed by atoms with van der Waals surface area (Å²) in [5.74, 6) is -1.14. The van der Waals surface area contributed by atoms with Crippen LogP contribution in [0.15, 0.2) is 72.8 Å². The number of nitriles is 1. The number of fused-ring (bicyclic) bond motifs is 1. The van der Waals surface area contributed by atoms with Gasteiger partial charge in [-0.25, -0.2) is 0 Å². The number of hydrogen-bond donors (Lipinski definition) is 0. The van der Waals surface area contributed by atoms with Gasteiger partial charge >= 0.3 is 6.18 Å². The molecule has 9 heteroatoms. The van der Waals surface area contributed by atoms with E-state index in [9.17, 15) is 23.2 Å². The van der Waals surface area contributed by atoms with E-state index in [1.54, 1.807) is 36.4 Å². The lowest BCUT2D eigenvalue weighted by atomic mass is 9.92. The molecule has 0 radical (unpaired) electrons. The molecule has 0 amide bonds. The lowest BCUT2D eigenvalue weighted by Gasteiger charge is -2.18. The lowest BCUT2D eigenvalue weighted by molar-refractivity contribution is -0.137. The van der Waals surface area contributed by atoms with Gasteiger partial charge in [0.05, 0.1) is 11.6 Å². The van der Waals surface area contributed by atoms with E-state index in [0.717, 1.165) is 22.2 Å². The molecule has 4 rings (SSSR count). The van der Waals surface area contributed by atoms with Gasteiger partial charge in [-0.2, -0.15) is 18.4 Å². The average molecular weight is 516 g/mol. The van der Waals surface area contributed by atoms with E-state index in [1.807, 2.05) is 18.2 Å². The lowest BCUT2D eigenvalue weighted by Crippen LogP contribution is -2.29. The molecule has 0 fully saturated rings. The van der Waals surface area contributed by atoms with Crippen LogP contribution in [0.4, 0.5) is 13.2 Å². The molecule has 35 heavy (non-hydrogen) atoms. The van der Waals surface area contributed by atoms with Crippen LogP contribution in [-0.2, 0) is 11.0 Å². The van der Waals surface area contributed by atoms with E-state index in [-0.39, 0.29) is 5.56 Å². The van der Waals surface area contributed by atoms with Gasteiger partial charge in [0.15, 0.2) is 17.0 Å². The Morgan fingerprint density at radius 2 is 1.74 bits per heavy atom. The highest BCUT2D eigenvalue weighted by atomic mass is 35.5. The third-order valence-corrected chi connectivity index (χ3v) is 6.39. The third-order valence-electron chi connectivity index (χ3n) is 5.18. The Hall–Kier alpha value is -3.54. The summed E-state index contributed by atoms with van der Waals surface area (Å²) in [6, 6.07) is 20.0. The molecular formula is C26H17ClF3NO3S. The summed E-state index contributed by atoms with van der Waals surface area (Å²) in [6.07, 6.45) is -5.64. The molecule has 1 heterocycles. The zero-order valence-corrected chi connectivity index (χ0v) is 19.7. The van der Waals surface area contributed by atoms with E-state index in [2.05, 4.69) is 0 Å². The number of nitrogens with zero attached hydrogens (tertiary/aromatic N) is 1. The quantitative estimate of drug-likeness (QED) is 0.250. The largest absolute Gasteiger partial charge is 0.483 e. The van der Waals surface area contributed by atoms with Crippen molar-refractivity contribution >= 4 is 38.8 Å². The van der Waals surface area contributed by atoms with Crippen LogP contribution in [-0.4, -0.2) is 11.9 Å². The summed E-state index contributed by atoms with van der Waals surface area (Å²) in [4.78, 5) is 12.8. The Labute approximate surface area is 208 Å². The fourth-order valence-electron chi connectivity index (χ4n) is 3.43. The minimum absolute atomic E-state index is 0.0313. The molecule has 0 N–H and O–H groups in total. The van der Waals surface area contributed by atoms with Gasteiger partial charge in [0, 0.05) is 15.8 Å². The molecule has 4 aromatic rings. The topological polar surface area (TPSA) is 59.3 Å². The van der Waals surface area contributed by atoms with Gasteiger partial charge < -0.3 is 9.47 Å². The highest BCUT2D eigenvalue weighted by molar-refractivity contribution is 7.20. The first-order valence-corrected chi connectivity index (χ1v) is 11.6. The predicted molar refractivity (Wildman–Crippen MR) is 128 cm³/mol. The molecule has 1 aromatic heterocycles. The summed E-state index contributed by atoms with van der Waals surface area (Å²) in [5, 5.41) is 11.8. The summed E-state index contributed by atoms with van der Waals surface area (Å²) in [7, 11) is 0. The Morgan fingerprint density at radius 1 is 1.03 bits per heavy atom. The number of ether oxygens (including phenoxy) is 2. The van der Waals surface area contributed by atoms with Crippen LogP contribution in [0.2, 0.25) is 5.02 Å². The summed E-state index contributed by atoms with van der Waals surface area (Å²) < 4.78 is 51.6. The van der Waals surface area contributed by atoms with E-state index in [1.165, 1.54) is 30.4 Å². The normalized spacial score (nSPS) is 13.1. The maximum atomic E-state index is 13.0. The number of hydrogen-bond acceptors (Lipinski definition) is 5. The standard InChI is InChI=1S/C26H17ClF3NO3S/c1-15(25(32)22(14-31)16-3-2-4-18(11-16)26(28,29)30)33-20-7-9-21(10-8-20)34-24-12-17-5-6-19(27)13-23(17)35-24/h2-13,15,22H,1H3. The Bertz CT molecular complexity index is 1410. The maximum Gasteiger partial charge on any atom is 0.416 e. The number of alkyl halides is 3. The number of halogens is 4. The molecule has 2 unspecified atom stereocenters. The number of carbonyl (C=O) groups excluding carboxylic acids is 1. The van der Waals surface area contributed by atoms with Crippen LogP contribution < -0.4 is 9.47 Å². The molecule has 0 bridgehead atoms. The smallest absolute Gasteiger partial charge is 0.416 e. The first kappa shape index (κ1) is 24.6. The van der Waals surface area contributed by atoms with Crippen molar-refractivity contribution in [2.24, 2.45) is 0 Å². The highest BCUT2D eigenvalue weighted by Crippen LogP contribution is 2.36. The average Bonchev–Trinajstić information content (AvgIpc) is 3.21. The first-order chi connectivity index (χ1) is 16.6. The van der Waals surface area contributed by atoms with Crippen molar-refractivity contribution < 1.29 is 27.4 Å². The van der Waals surface area contributed by atoms with Crippen molar-refractivity contribution in [2.45, 2.75) is 25.1 Å². The number of benzene rings is 3. The molecule has 2 atom stereocenters. The van der Waals surface area contributed by atoms with Crippen molar-refractivity contribution in [2.75, 3.05) is 0 Å². The van der Waals surface area contributed by atoms with Gasteiger partial charge in [0.1, 0.15) is 17.4 Å². The number of carbonyl (C=O) groups is 1. The number of ketones is 1. The van der Waals surface area contributed by atoms with Crippen LogP contribution >= 0.6 is 22.9 Å². The second-order valence-electron chi connectivity index (χ2n) is 7.67. The molecule has 0 aliphatic heterocycles. The van der Waals surface area contributed by atoms with Crippen molar-refractivity contribution in [1.29, 1.82) is 5.26 Å². The summed E-state index contributed by atoms with van der Waals surface area (Å²) in [6.45, 7) is 1.45. The Morgan fingerprint density at radius 3 is 2.43 bits per heavy atom. The fourth-order valence-corrected chi connectivity index (χ4v) is 4.64. The number of Topliss-reactive ketones (excluding diaryl/α,β-unsaturated/α-hetero) is 1. The fraction of sp³-hybridized carbons (Fsp3) is 0.154. The first-order valence-electron chi connectivity index (χ1n) is 10.4. The molecule has 4 nitrogen and oxygen atoms in total. The van der Waals surface area contributed by atoms with Crippen molar-refractivity contribution in [3.63, 3.8) is 0 Å². The monoisotopic (exact) mass is 515 g/mol. The number of rotatable bonds is 7. The minimum Gasteiger partial charge on any atom is -0.483 e. The number of thiophene rings is 1. The molecule has 0 aliphatic rings. The van der Waals surface area contributed by atoms with E-state index >= 15 is 0 Å². The highest BCUT2D eigenvalue weighted by Gasteiger charge is 2.33. The molecule has 3 aromatic carbocycles. The van der Waals surface area contributed by atoms with Crippen molar-refractivity contribution in [3.05, 3.63) is 88.9 Å². The molecule has 0 saturated carbocycles. The van der Waals surface area contributed by atoms with Gasteiger partial charge in [-0.1, -0.05) is 47.2 Å². The summed E-state index contributed by atoms with van der Waals surface area (Å²) >= 11 is 7.47. The predicted octanol–water partition coefficient (Wildman–Crippen LogP) is 8.01. The Kier molecular flexibility index (Phi) is 7.01. The van der Waals surface area contributed by atoms with Crippen LogP contribution in [0.1, 0.15) is 24.0 Å². The SMILES string of the molecule is CC(Oc1ccc(Oc2cc3ccc(Cl)cc3s2)cc1)C(=O)C(C#N)c1cccc(C(F)(F)F)c1. The van der Waals surface area contributed by atoms with Gasteiger partial charge in [-0.15, -0.1) is 0 Å². The van der Waals surface area contributed by atoms with Gasteiger partial charge in [0.2, 0.25) is 0 Å². The second-order valence-corrected chi connectivity index (χ2v) is 9.15. The molecule has 0 saturated heterocycles. The van der Waals surface area contributed by atoms with E-state index < -0.39 is 29.5 Å². The van der Waals surface area contributed by atoms with Crippen LogP contribution in [0.25, 0.3) is 10.1 Å². The van der Waals surface area contributed by atoms with Gasteiger partial charge in [-0.3, -0.25) is 4.79 Å². The van der Waals surface area contributed by atoms with Crippen LogP contribution in [0.3, 0.4) is 0 Å². The zero-order chi connectivity index (χ0) is 25.2. The molecule has 0 aliphatic carbocycles. The summed E-state index contributed by atoms with van der Waals surface area (Å²) in [5.41, 5.74) is -0.954.